The van der Waals surface area contributed by atoms with E-state index in [1.165, 1.54) is 10.5 Å². The fraction of sp³-hybridized carbons (Fsp3) is 0.125. The van der Waals surface area contributed by atoms with E-state index in [0.717, 1.165) is 12.0 Å². The van der Waals surface area contributed by atoms with Gasteiger partial charge in [0.25, 0.3) is 5.91 Å². The molecule has 0 atom stereocenters. The monoisotopic (exact) mass is 266 g/mol. The zero-order valence-corrected chi connectivity index (χ0v) is 10.9. The van der Waals surface area contributed by atoms with Gasteiger partial charge in [0.05, 0.1) is 12.2 Å². The molecule has 4 nitrogen and oxygen atoms in total. The van der Waals surface area contributed by atoms with Crippen molar-refractivity contribution in [2.45, 2.75) is 6.42 Å². The highest BCUT2D eigenvalue weighted by Gasteiger charge is 2.29. The van der Waals surface area contributed by atoms with Gasteiger partial charge in [0.1, 0.15) is 0 Å². The van der Waals surface area contributed by atoms with Crippen LogP contribution in [0.25, 0.3) is 0 Å². The first-order chi connectivity index (χ1) is 9.74. The molecule has 0 saturated carbocycles. The van der Waals surface area contributed by atoms with Crippen LogP contribution < -0.4 is 10.2 Å². The second-order valence-corrected chi connectivity index (χ2v) is 4.72. The maximum absolute atomic E-state index is 11.6. The number of amides is 3. The molecule has 0 aliphatic carbocycles. The number of imide groups is 1. The van der Waals surface area contributed by atoms with Gasteiger partial charge in [0, 0.05) is 0 Å². The Labute approximate surface area is 117 Å². The molecule has 20 heavy (non-hydrogen) atoms. The van der Waals surface area contributed by atoms with Crippen molar-refractivity contribution in [2.75, 3.05) is 11.4 Å². The topological polar surface area (TPSA) is 49.4 Å². The molecule has 2 aromatic rings. The van der Waals surface area contributed by atoms with Crippen LogP contribution in [-0.2, 0) is 11.2 Å². The first kappa shape index (κ1) is 12.4. The van der Waals surface area contributed by atoms with Crippen molar-refractivity contribution >= 4 is 17.6 Å². The maximum Gasteiger partial charge on any atom is 0.329 e. The summed E-state index contributed by atoms with van der Waals surface area (Å²) in [4.78, 5) is 24.3. The standard InChI is InChI=1S/C16H14N2O2/c19-15-11-17-16(20)18(15)14-8-6-13(7-9-14)10-12-4-2-1-3-5-12/h1-9H,10-11H2,(H,17,20). The Morgan fingerprint density at radius 1 is 0.900 bits per heavy atom. The Balaban J connectivity index is 1.78. The molecular weight excluding hydrogens is 252 g/mol. The minimum Gasteiger partial charge on any atom is -0.328 e. The molecule has 1 heterocycles. The van der Waals surface area contributed by atoms with Gasteiger partial charge in [-0.1, -0.05) is 42.5 Å². The largest absolute Gasteiger partial charge is 0.329 e. The molecule has 0 spiro atoms. The molecule has 0 unspecified atom stereocenters. The van der Waals surface area contributed by atoms with E-state index in [0.29, 0.717) is 5.69 Å². The minimum absolute atomic E-state index is 0.0740. The average Bonchev–Trinajstić information content (AvgIpc) is 2.81. The molecule has 1 aliphatic heterocycles. The first-order valence-electron chi connectivity index (χ1n) is 6.48. The Kier molecular flexibility index (Phi) is 3.21. The van der Waals surface area contributed by atoms with Crippen LogP contribution in [0.2, 0.25) is 0 Å². The number of hydrogen-bond acceptors (Lipinski definition) is 2. The minimum atomic E-state index is -0.356. The number of benzene rings is 2. The SMILES string of the molecule is O=C1CNC(=O)N1c1ccc(Cc2ccccc2)cc1. The van der Waals surface area contributed by atoms with E-state index >= 15 is 0 Å². The van der Waals surface area contributed by atoms with Gasteiger partial charge in [-0.05, 0) is 29.7 Å². The highest BCUT2D eigenvalue weighted by Crippen LogP contribution is 2.19. The summed E-state index contributed by atoms with van der Waals surface area (Å²) in [5.74, 6) is -0.217. The highest BCUT2D eigenvalue weighted by atomic mass is 16.2. The maximum atomic E-state index is 11.6. The zero-order valence-electron chi connectivity index (χ0n) is 10.9. The summed E-state index contributed by atoms with van der Waals surface area (Å²) in [6.07, 6.45) is 0.835. The van der Waals surface area contributed by atoms with E-state index in [2.05, 4.69) is 17.4 Å². The molecule has 1 saturated heterocycles. The molecule has 1 fully saturated rings. The third-order valence-electron chi connectivity index (χ3n) is 3.29. The summed E-state index contributed by atoms with van der Waals surface area (Å²) in [5.41, 5.74) is 2.99. The van der Waals surface area contributed by atoms with E-state index in [1.807, 2.05) is 30.3 Å². The lowest BCUT2D eigenvalue weighted by Gasteiger charge is -2.12. The van der Waals surface area contributed by atoms with Gasteiger partial charge in [-0.15, -0.1) is 0 Å². The number of nitrogens with zero attached hydrogens (tertiary/aromatic N) is 1. The van der Waals surface area contributed by atoms with Crippen LogP contribution in [0.5, 0.6) is 0 Å². The average molecular weight is 266 g/mol. The Hall–Kier alpha value is -2.62. The lowest BCUT2D eigenvalue weighted by molar-refractivity contribution is -0.115. The van der Waals surface area contributed by atoms with Crippen molar-refractivity contribution in [3.8, 4) is 0 Å². The molecule has 0 bridgehead atoms. The van der Waals surface area contributed by atoms with Crippen LogP contribution in [0.15, 0.2) is 54.6 Å². The van der Waals surface area contributed by atoms with E-state index in [1.54, 1.807) is 12.1 Å². The van der Waals surface area contributed by atoms with Crippen LogP contribution in [0.3, 0.4) is 0 Å². The summed E-state index contributed by atoms with van der Waals surface area (Å²) in [6, 6.07) is 17.3. The normalized spacial score (nSPS) is 14.5. The van der Waals surface area contributed by atoms with Crippen LogP contribution in [0.1, 0.15) is 11.1 Å². The van der Waals surface area contributed by atoms with Crippen LogP contribution >= 0.6 is 0 Å². The summed E-state index contributed by atoms with van der Waals surface area (Å²) in [7, 11) is 0. The summed E-state index contributed by atoms with van der Waals surface area (Å²) >= 11 is 0. The van der Waals surface area contributed by atoms with E-state index in [-0.39, 0.29) is 18.5 Å². The number of carbonyl (C=O) groups excluding carboxylic acids is 2. The number of nitrogens with one attached hydrogen (secondary N) is 1. The smallest absolute Gasteiger partial charge is 0.328 e. The fourth-order valence-corrected chi connectivity index (χ4v) is 2.28. The Morgan fingerprint density at radius 3 is 2.15 bits per heavy atom. The molecular formula is C16H14N2O2. The van der Waals surface area contributed by atoms with Gasteiger partial charge in [0.2, 0.25) is 0 Å². The third-order valence-corrected chi connectivity index (χ3v) is 3.29. The molecule has 1 N–H and O–H groups in total. The first-order valence-corrected chi connectivity index (χ1v) is 6.48. The van der Waals surface area contributed by atoms with Crippen molar-refractivity contribution in [1.82, 2.24) is 5.32 Å². The molecule has 2 aromatic carbocycles. The number of carbonyl (C=O) groups is 2. The van der Waals surface area contributed by atoms with Gasteiger partial charge in [-0.3, -0.25) is 4.79 Å². The molecule has 0 radical (unpaired) electrons. The number of hydrogen-bond donors (Lipinski definition) is 1. The summed E-state index contributed by atoms with van der Waals surface area (Å²) in [5, 5.41) is 2.51. The second-order valence-electron chi connectivity index (χ2n) is 4.72. The van der Waals surface area contributed by atoms with Crippen molar-refractivity contribution in [2.24, 2.45) is 0 Å². The Bertz CT molecular complexity index is 619. The quantitative estimate of drug-likeness (QED) is 0.867. The van der Waals surface area contributed by atoms with Gasteiger partial charge in [-0.2, -0.15) is 0 Å². The molecule has 1 aliphatic rings. The van der Waals surface area contributed by atoms with Gasteiger partial charge >= 0.3 is 6.03 Å². The molecule has 3 rings (SSSR count). The lowest BCUT2D eigenvalue weighted by atomic mass is 10.0. The molecule has 0 aromatic heterocycles. The van der Waals surface area contributed by atoms with Gasteiger partial charge < -0.3 is 5.32 Å². The lowest BCUT2D eigenvalue weighted by Crippen LogP contribution is -2.30. The van der Waals surface area contributed by atoms with Gasteiger partial charge in [-0.25, -0.2) is 9.69 Å². The number of rotatable bonds is 3. The van der Waals surface area contributed by atoms with Gasteiger partial charge in [0.15, 0.2) is 0 Å². The van der Waals surface area contributed by atoms with Crippen molar-refractivity contribution in [3.63, 3.8) is 0 Å². The number of anilines is 1. The highest BCUT2D eigenvalue weighted by molar-refractivity contribution is 6.19. The predicted molar refractivity (Wildman–Crippen MR) is 76.6 cm³/mol. The van der Waals surface area contributed by atoms with Crippen LogP contribution in [0, 0.1) is 0 Å². The number of urea groups is 1. The fourth-order valence-electron chi connectivity index (χ4n) is 2.28. The second kappa shape index (κ2) is 5.17. The molecule has 100 valence electrons. The third kappa shape index (κ3) is 2.40. The van der Waals surface area contributed by atoms with Crippen molar-refractivity contribution < 1.29 is 9.59 Å². The van der Waals surface area contributed by atoms with E-state index in [9.17, 15) is 9.59 Å². The summed E-state index contributed by atoms with van der Waals surface area (Å²) < 4.78 is 0. The molecule has 4 heteroatoms. The van der Waals surface area contributed by atoms with Crippen LogP contribution in [-0.4, -0.2) is 18.5 Å². The van der Waals surface area contributed by atoms with Crippen molar-refractivity contribution in [1.29, 1.82) is 0 Å². The van der Waals surface area contributed by atoms with Crippen LogP contribution in [0.4, 0.5) is 10.5 Å². The van der Waals surface area contributed by atoms with E-state index in [4.69, 9.17) is 0 Å². The Morgan fingerprint density at radius 2 is 1.55 bits per heavy atom. The van der Waals surface area contributed by atoms with E-state index < -0.39 is 0 Å². The predicted octanol–water partition coefficient (Wildman–Crippen LogP) is 2.33. The molecule has 3 amide bonds. The summed E-state index contributed by atoms with van der Waals surface area (Å²) in [6.45, 7) is 0.0740. The van der Waals surface area contributed by atoms with Crippen molar-refractivity contribution in [3.05, 3.63) is 65.7 Å². The zero-order chi connectivity index (χ0) is 13.9.